The summed E-state index contributed by atoms with van der Waals surface area (Å²) in [6.07, 6.45) is 0.526. The number of para-hydroxylation sites is 1. The molecule has 1 N–H and O–H groups in total. The molecule has 151 valence electrons. The van der Waals surface area contributed by atoms with E-state index in [1.165, 1.54) is 31.2 Å². The van der Waals surface area contributed by atoms with Crippen molar-refractivity contribution in [1.82, 2.24) is 0 Å². The molecule has 0 amide bonds. The van der Waals surface area contributed by atoms with Crippen LogP contribution < -0.4 is 9.83 Å². The molecule has 1 atom stereocenters. The summed E-state index contributed by atoms with van der Waals surface area (Å²) >= 11 is 0. The third-order valence-corrected chi connectivity index (χ3v) is 7.10. The van der Waals surface area contributed by atoms with E-state index in [1.807, 2.05) is 55.5 Å². The number of ketones is 1. The van der Waals surface area contributed by atoms with E-state index in [9.17, 15) is 14.2 Å². The molecule has 0 saturated carbocycles. The van der Waals surface area contributed by atoms with Crippen LogP contribution >= 0.6 is 7.37 Å². The van der Waals surface area contributed by atoms with Crippen LogP contribution in [0.2, 0.25) is 0 Å². The van der Waals surface area contributed by atoms with Crippen LogP contribution in [-0.4, -0.2) is 23.0 Å². The Bertz CT molecular complexity index is 1080. The third kappa shape index (κ3) is 5.15. The zero-order valence-corrected chi connectivity index (χ0v) is 20.5. The molecule has 1 heterocycles. The van der Waals surface area contributed by atoms with E-state index in [4.69, 9.17) is 9.63 Å². The van der Waals surface area contributed by atoms with Gasteiger partial charge in [-0.05, 0) is 36.8 Å². The molecule has 0 aliphatic carbocycles. The minimum Gasteiger partial charge on any atom is -0.478 e. The SMILES string of the molecule is CC(=O)c1ccc(C(=O)O)cc1.CCP1(=O)Oc2ccccc2-c2ccccc21.[Y]. The maximum atomic E-state index is 12.8. The van der Waals surface area contributed by atoms with Gasteiger partial charge in [-0.1, -0.05) is 55.5 Å². The van der Waals surface area contributed by atoms with Crippen LogP contribution in [0.15, 0.2) is 72.8 Å². The Hall–Kier alpha value is -2.07. The van der Waals surface area contributed by atoms with E-state index in [0.29, 0.717) is 11.7 Å². The van der Waals surface area contributed by atoms with Crippen LogP contribution in [0.4, 0.5) is 0 Å². The van der Waals surface area contributed by atoms with Crippen molar-refractivity contribution in [2.45, 2.75) is 13.8 Å². The van der Waals surface area contributed by atoms with Crippen LogP contribution in [0.25, 0.3) is 11.1 Å². The van der Waals surface area contributed by atoms with Gasteiger partial charge in [-0.15, -0.1) is 0 Å². The number of Topliss-reactive ketones (excluding diaryl/α,β-unsaturated/α-hetero) is 1. The molecule has 7 heteroatoms. The van der Waals surface area contributed by atoms with E-state index in [0.717, 1.165) is 22.2 Å². The monoisotopic (exact) mass is 497 g/mol. The van der Waals surface area contributed by atoms with Gasteiger partial charge >= 0.3 is 5.97 Å². The molecule has 1 aliphatic rings. The molecule has 0 fully saturated rings. The minimum absolute atomic E-state index is 0. The van der Waals surface area contributed by atoms with Crippen LogP contribution in [0.1, 0.15) is 34.6 Å². The molecule has 3 aromatic rings. The van der Waals surface area contributed by atoms with Crippen LogP contribution in [0, 0.1) is 0 Å². The number of fused-ring (bicyclic) bond motifs is 3. The molecule has 1 unspecified atom stereocenters. The van der Waals surface area contributed by atoms with Crippen molar-refractivity contribution < 1.29 is 56.5 Å². The zero-order valence-electron chi connectivity index (χ0n) is 16.7. The van der Waals surface area contributed by atoms with Gasteiger partial charge in [0.25, 0.3) is 7.37 Å². The minimum atomic E-state index is -2.72. The van der Waals surface area contributed by atoms with Crippen molar-refractivity contribution >= 4 is 24.4 Å². The van der Waals surface area contributed by atoms with Crippen molar-refractivity contribution in [3.8, 4) is 16.9 Å². The quantitative estimate of drug-likeness (QED) is 0.395. The molecule has 0 bridgehead atoms. The first kappa shape index (κ1) is 24.2. The van der Waals surface area contributed by atoms with Gasteiger partial charge in [0.2, 0.25) is 0 Å². The number of rotatable bonds is 3. The second-order valence-corrected chi connectivity index (χ2v) is 9.18. The molecular formula is C23H21O5PY. The molecule has 1 aliphatic heterocycles. The number of carboxylic acid groups (broad SMARTS) is 1. The first-order chi connectivity index (χ1) is 13.9. The summed E-state index contributed by atoms with van der Waals surface area (Å²) < 4.78 is 18.5. The van der Waals surface area contributed by atoms with E-state index in [1.54, 1.807) is 0 Å². The summed E-state index contributed by atoms with van der Waals surface area (Å²) in [6.45, 7) is 3.35. The van der Waals surface area contributed by atoms with Gasteiger partial charge in [-0.2, -0.15) is 0 Å². The van der Waals surface area contributed by atoms with Gasteiger partial charge in [0, 0.05) is 50.0 Å². The fourth-order valence-corrected chi connectivity index (χ4v) is 4.98. The molecule has 3 aromatic carbocycles. The summed E-state index contributed by atoms with van der Waals surface area (Å²) in [5, 5.41) is 9.38. The van der Waals surface area contributed by atoms with Crippen molar-refractivity contribution in [2.75, 3.05) is 6.16 Å². The van der Waals surface area contributed by atoms with Gasteiger partial charge in [-0.25, -0.2) is 4.79 Å². The first-order valence-electron chi connectivity index (χ1n) is 9.17. The summed E-state index contributed by atoms with van der Waals surface area (Å²) in [6, 6.07) is 21.4. The van der Waals surface area contributed by atoms with Crippen LogP contribution in [-0.2, 0) is 37.3 Å². The van der Waals surface area contributed by atoms with Crippen LogP contribution in [0.5, 0.6) is 5.75 Å². The van der Waals surface area contributed by atoms with Crippen molar-refractivity contribution in [2.24, 2.45) is 0 Å². The summed E-state index contributed by atoms with van der Waals surface area (Å²) in [4.78, 5) is 21.2. The number of aromatic carboxylic acids is 1. The van der Waals surface area contributed by atoms with E-state index in [-0.39, 0.29) is 44.1 Å². The Kier molecular flexibility index (Phi) is 8.31. The first-order valence-corrected chi connectivity index (χ1v) is 11.0. The van der Waals surface area contributed by atoms with Gasteiger partial charge in [0.1, 0.15) is 5.75 Å². The average molecular weight is 497 g/mol. The fourth-order valence-electron chi connectivity index (χ4n) is 3.06. The van der Waals surface area contributed by atoms with Crippen molar-refractivity contribution in [3.05, 3.63) is 83.9 Å². The standard InChI is InChI=1S/C14H13O2P.C9H8O3.Y/c1-2-17(15)14-10-6-4-8-12(14)11-7-3-5-9-13(11)16-17;1-6(10)7-2-4-8(5-3-7)9(11)12;/h3-10H,2H2,1H3;2-5H,1H3,(H,11,12);. The van der Waals surface area contributed by atoms with E-state index >= 15 is 0 Å². The molecule has 30 heavy (non-hydrogen) atoms. The summed E-state index contributed by atoms with van der Waals surface area (Å²) in [5.74, 6) is -0.312. The number of benzene rings is 3. The molecular weight excluding hydrogens is 476 g/mol. The predicted octanol–water partition coefficient (Wildman–Crippen LogP) is 5.25. The van der Waals surface area contributed by atoms with E-state index < -0.39 is 13.3 Å². The Morgan fingerprint density at radius 2 is 1.40 bits per heavy atom. The normalized spacial score (nSPS) is 15.8. The predicted molar refractivity (Wildman–Crippen MR) is 114 cm³/mol. The number of hydrogen-bond acceptors (Lipinski definition) is 4. The number of carbonyl (C=O) groups is 2. The Morgan fingerprint density at radius 1 is 0.867 bits per heavy atom. The number of carbonyl (C=O) groups excluding carboxylic acids is 1. The Balaban J connectivity index is 0.000000220. The summed E-state index contributed by atoms with van der Waals surface area (Å²) in [7, 11) is -2.72. The molecule has 0 spiro atoms. The zero-order chi connectivity index (χ0) is 21.0. The maximum Gasteiger partial charge on any atom is 0.335 e. The average Bonchev–Trinajstić information content (AvgIpc) is 2.74. The topological polar surface area (TPSA) is 80.7 Å². The fraction of sp³-hybridized carbons (Fsp3) is 0.130. The smallest absolute Gasteiger partial charge is 0.335 e. The van der Waals surface area contributed by atoms with Crippen molar-refractivity contribution in [1.29, 1.82) is 0 Å². The third-order valence-electron chi connectivity index (χ3n) is 4.65. The number of hydrogen-bond donors (Lipinski definition) is 1. The maximum absolute atomic E-state index is 12.8. The Morgan fingerprint density at radius 3 is 1.97 bits per heavy atom. The molecule has 5 nitrogen and oxygen atoms in total. The van der Waals surface area contributed by atoms with Gasteiger partial charge in [0.15, 0.2) is 5.78 Å². The van der Waals surface area contributed by atoms with Crippen molar-refractivity contribution in [3.63, 3.8) is 0 Å². The van der Waals surface area contributed by atoms with Gasteiger partial charge in [-0.3, -0.25) is 9.36 Å². The number of carboxylic acids is 1. The molecule has 1 radical (unpaired) electrons. The molecule has 0 aromatic heterocycles. The second kappa shape index (κ2) is 10.3. The second-order valence-electron chi connectivity index (χ2n) is 6.53. The largest absolute Gasteiger partial charge is 0.478 e. The molecule has 0 saturated heterocycles. The van der Waals surface area contributed by atoms with Gasteiger partial charge < -0.3 is 9.63 Å². The van der Waals surface area contributed by atoms with Gasteiger partial charge in [0.05, 0.1) is 10.9 Å². The Labute approximate surface area is 200 Å². The van der Waals surface area contributed by atoms with Crippen LogP contribution in [0.3, 0.4) is 0 Å². The van der Waals surface area contributed by atoms with E-state index in [2.05, 4.69) is 0 Å². The molecule has 4 rings (SSSR count). The summed E-state index contributed by atoms with van der Waals surface area (Å²) in [5.41, 5.74) is 2.79.